The summed E-state index contributed by atoms with van der Waals surface area (Å²) in [4.78, 5) is 14.0. The van der Waals surface area contributed by atoms with Crippen molar-refractivity contribution in [1.29, 1.82) is 0 Å². The van der Waals surface area contributed by atoms with E-state index in [1.807, 2.05) is 6.20 Å². The molecular weight excluding hydrogens is 356 g/mol. The van der Waals surface area contributed by atoms with Crippen LogP contribution >= 0.6 is 0 Å². The Balaban J connectivity index is 1.47. The van der Waals surface area contributed by atoms with Crippen molar-refractivity contribution >= 4 is 11.8 Å². The average molecular weight is 391 g/mol. The second-order valence-corrected chi connectivity index (χ2v) is 7.23. The second-order valence-electron chi connectivity index (χ2n) is 7.23. The Bertz CT molecular complexity index is 603. The van der Waals surface area contributed by atoms with Gasteiger partial charge in [0, 0.05) is 52.0 Å². The third kappa shape index (κ3) is 6.61. The number of hydrogen-bond acceptors (Lipinski definition) is 6. The highest BCUT2D eigenvalue weighted by atomic mass is 16.5. The molecule has 0 radical (unpaired) electrons. The van der Waals surface area contributed by atoms with Crippen LogP contribution in [-0.4, -0.2) is 87.6 Å². The fourth-order valence-electron chi connectivity index (χ4n) is 3.39. The quantitative estimate of drug-likeness (QED) is 0.524. The number of anilines is 1. The molecule has 1 aromatic rings. The number of hydrogen-bond donors (Lipinski definition) is 2. The van der Waals surface area contributed by atoms with E-state index in [1.54, 1.807) is 0 Å². The maximum Gasteiger partial charge on any atom is 0.191 e. The van der Waals surface area contributed by atoms with Crippen LogP contribution in [0.2, 0.25) is 0 Å². The third-order valence-electron chi connectivity index (χ3n) is 4.96. The molecule has 156 valence electrons. The predicted octanol–water partition coefficient (Wildman–Crippen LogP) is 0.694. The SMILES string of the molecule is CCNC(=NCc1ccc(N2CCOC(C)C2)nc1)NCCN1CCOCC1. The van der Waals surface area contributed by atoms with Gasteiger partial charge in [0.15, 0.2) is 5.96 Å². The van der Waals surface area contributed by atoms with Gasteiger partial charge in [-0.15, -0.1) is 0 Å². The first-order valence-electron chi connectivity index (χ1n) is 10.4. The molecule has 0 bridgehead atoms. The second kappa shape index (κ2) is 11.2. The summed E-state index contributed by atoms with van der Waals surface area (Å²) in [6, 6.07) is 4.20. The molecule has 2 saturated heterocycles. The number of pyridine rings is 1. The van der Waals surface area contributed by atoms with Crippen LogP contribution in [0.1, 0.15) is 19.4 Å². The van der Waals surface area contributed by atoms with Crippen LogP contribution < -0.4 is 15.5 Å². The lowest BCUT2D eigenvalue weighted by molar-refractivity contribution is 0.0389. The van der Waals surface area contributed by atoms with Crippen LogP contribution in [0.25, 0.3) is 0 Å². The van der Waals surface area contributed by atoms with Crippen molar-refractivity contribution in [3.63, 3.8) is 0 Å². The Morgan fingerprint density at radius 2 is 2.07 bits per heavy atom. The van der Waals surface area contributed by atoms with Crippen LogP contribution in [0.15, 0.2) is 23.3 Å². The highest BCUT2D eigenvalue weighted by Crippen LogP contribution is 2.15. The molecule has 3 rings (SSSR count). The van der Waals surface area contributed by atoms with Crippen molar-refractivity contribution in [2.24, 2.45) is 4.99 Å². The molecule has 8 nitrogen and oxygen atoms in total. The maximum absolute atomic E-state index is 5.60. The Kier molecular flexibility index (Phi) is 8.32. The highest BCUT2D eigenvalue weighted by Gasteiger charge is 2.17. The lowest BCUT2D eigenvalue weighted by Crippen LogP contribution is -2.44. The molecule has 1 unspecified atom stereocenters. The van der Waals surface area contributed by atoms with Crippen LogP contribution in [0.4, 0.5) is 5.82 Å². The average Bonchev–Trinajstić information content (AvgIpc) is 2.73. The van der Waals surface area contributed by atoms with Crippen LogP contribution in [0, 0.1) is 0 Å². The molecule has 0 spiro atoms. The molecular formula is C20H34N6O2. The van der Waals surface area contributed by atoms with Crippen molar-refractivity contribution in [3.8, 4) is 0 Å². The number of morpholine rings is 2. The van der Waals surface area contributed by atoms with E-state index in [9.17, 15) is 0 Å². The van der Waals surface area contributed by atoms with Gasteiger partial charge in [0.25, 0.3) is 0 Å². The zero-order valence-electron chi connectivity index (χ0n) is 17.2. The number of aliphatic imine (C=N–C) groups is 1. The molecule has 8 heteroatoms. The molecule has 0 saturated carbocycles. The van der Waals surface area contributed by atoms with Gasteiger partial charge >= 0.3 is 0 Å². The Hall–Kier alpha value is -1.90. The van der Waals surface area contributed by atoms with E-state index in [0.29, 0.717) is 6.54 Å². The predicted molar refractivity (Wildman–Crippen MR) is 112 cm³/mol. The van der Waals surface area contributed by atoms with Gasteiger partial charge in [0.05, 0.1) is 32.5 Å². The number of guanidine groups is 1. The van der Waals surface area contributed by atoms with E-state index in [0.717, 1.165) is 83.0 Å². The molecule has 0 aromatic carbocycles. The van der Waals surface area contributed by atoms with Gasteiger partial charge in [-0.25, -0.2) is 9.98 Å². The van der Waals surface area contributed by atoms with Gasteiger partial charge in [-0.05, 0) is 25.5 Å². The molecule has 1 aromatic heterocycles. The lowest BCUT2D eigenvalue weighted by Gasteiger charge is -2.32. The van der Waals surface area contributed by atoms with E-state index < -0.39 is 0 Å². The van der Waals surface area contributed by atoms with Gasteiger partial charge in [-0.1, -0.05) is 6.07 Å². The summed E-state index contributed by atoms with van der Waals surface area (Å²) in [6.07, 6.45) is 2.18. The Labute approximate surface area is 168 Å². The molecule has 3 heterocycles. The van der Waals surface area contributed by atoms with E-state index in [1.165, 1.54) is 0 Å². The number of ether oxygens (including phenoxy) is 2. The van der Waals surface area contributed by atoms with E-state index in [-0.39, 0.29) is 6.10 Å². The van der Waals surface area contributed by atoms with Crippen LogP contribution in [-0.2, 0) is 16.0 Å². The summed E-state index contributed by atoms with van der Waals surface area (Å²) in [5.74, 6) is 1.86. The summed E-state index contributed by atoms with van der Waals surface area (Å²) >= 11 is 0. The fourth-order valence-corrected chi connectivity index (χ4v) is 3.39. The zero-order valence-corrected chi connectivity index (χ0v) is 17.2. The summed E-state index contributed by atoms with van der Waals surface area (Å²) in [6.45, 7) is 13.7. The third-order valence-corrected chi connectivity index (χ3v) is 4.96. The monoisotopic (exact) mass is 390 g/mol. The lowest BCUT2D eigenvalue weighted by atomic mass is 10.2. The number of nitrogens with one attached hydrogen (secondary N) is 2. The molecule has 1 atom stereocenters. The van der Waals surface area contributed by atoms with Gasteiger partial charge < -0.3 is 25.0 Å². The number of aromatic nitrogens is 1. The van der Waals surface area contributed by atoms with E-state index >= 15 is 0 Å². The standard InChI is InChI=1S/C20H34N6O2/c1-3-21-20(22-6-7-25-8-11-27-12-9-25)24-15-18-4-5-19(23-14-18)26-10-13-28-17(2)16-26/h4-5,14,17H,3,6-13,15-16H2,1-2H3,(H2,21,22,24). The summed E-state index contributed by atoms with van der Waals surface area (Å²) in [5, 5.41) is 6.73. The first-order chi connectivity index (χ1) is 13.7. The minimum Gasteiger partial charge on any atom is -0.379 e. The van der Waals surface area contributed by atoms with Crippen molar-refractivity contribution in [2.45, 2.75) is 26.5 Å². The van der Waals surface area contributed by atoms with Crippen molar-refractivity contribution < 1.29 is 9.47 Å². The summed E-state index contributed by atoms with van der Waals surface area (Å²) < 4.78 is 11.0. The van der Waals surface area contributed by atoms with Crippen molar-refractivity contribution in [3.05, 3.63) is 23.9 Å². The zero-order chi connectivity index (χ0) is 19.6. The minimum absolute atomic E-state index is 0.256. The maximum atomic E-state index is 5.60. The molecule has 2 aliphatic heterocycles. The first-order valence-corrected chi connectivity index (χ1v) is 10.4. The van der Waals surface area contributed by atoms with Crippen molar-refractivity contribution in [2.75, 3.05) is 70.5 Å². The van der Waals surface area contributed by atoms with Crippen molar-refractivity contribution in [1.82, 2.24) is 20.5 Å². The van der Waals surface area contributed by atoms with E-state index in [4.69, 9.17) is 14.5 Å². The van der Waals surface area contributed by atoms with Gasteiger partial charge in [0.1, 0.15) is 5.82 Å². The number of nitrogens with zero attached hydrogens (tertiary/aromatic N) is 4. The Morgan fingerprint density at radius 1 is 1.21 bits per heavy atom. The van der Waals surface area contributed by atoms with Crippen LogP contribution in [0.5, 0.6) is 0 Å². The minimum atomic E-state index is 0.256. The molecule has 2 aliphatic rings. The first kappa shape index (κ1) is 20.8. The summed E-state index contributed by atoms with van der Waals surface area (Å²) in [7, 11) is 0. The largest absolute Gasteiger partial charge is 0.379 e. The fraction of sp³-hybridized carbons (Fsp3) is 0.700. The summed E-state index contributed by atoms with van der Waals surface area (Å²) in [5.41, 5.74) is 1.11. The number of rotatable bonds is 7. The molecule has 28 heavy (non-hydrogen) atoms. The topological polar surface area (TPSA) is 74.2 Å². The van der Waals surface area contributed by atoms with Gasteiger partial charge in [-0.2, -0.15) is 0 Å². The molecule has 2 N–H and O–H groups in total. The van der Waals surface area contributed by atoms with E-state index in [2.05, 4.69) is 51.4 Å². The smallest absolute Gasteiger partial charge is 0.191 e. The molecule has 2 fully saturated rings. The molecule has 0 aliphatic carbocycles. The molecule has 0 amide bonds. The van der Waals surface area contributed by atoms with Gasteiger partial charge in [0.2, 0.25) is 0 Å². The normalized spacial score (nSPS) is 21.6. The highest BCUT2D eigenvalue weighted by molar-refractivity contribution is 5.79. The van der Waals surface area contributed by atoms with Crippen LogP contribution in [0.3, 0.4) is 0 Å². The Morgan fingerprint density at radius 3 is 2.79 bits per heavy atom. The van der Waals surface area contributed by atoms with Gasteiger partial charge in [-0.3, -0.25) is 4.90 Å².